The van der Waals surface area contributed by atoms with E-state index in [0.717, 1.165) is 17.9 Å². The molecule has 0 atom stereocenters. The maximum atomic E-state index is 5.67. The van der Waals surface area contributed by atoms with Gasteiger partial charge in [0.15, 0.2) is 0 Å². The fraction of sp³-hybridized carbons (Fsp3) is 0.267. The van der Waals surface area contributed by atoms with Crippen LogP contribution in [0.1, 0.15) is 18.2 Å². The van der Waals surface area contributed by atoms with Gasteiger partial charge in [-0.1, -0.05) is 25.1 Å². The molecule has 0 saturated heterocycles. The molecule has 0 saturated carbocycles. The zero-order chi connectivity index (χ0) is 12.8. The predicted molar refractivity (Wildman–Crippen MR) is 70.9 cm³/mol. The van der Waals surface area contributed by atoms with E-state index in [1.807, 2.05) is 30.3 Å². The largest absolute Gasteiger partial charge is 0.487 e. The molecule has 0 fully saturated rings. The normalized spacial score (nSPS) is 10.1. The summed E-state index contributed by atoms with van der Waals surface area (Å²) in [5.41, 5.74) is 2.16. The first-order valence-corrected chi connectivity index (χ1v) is 6.03. The van der Waals surface area contributed by atoms with Gasteiger partial charge < -0.3 is 9.47 Å². The van der Waals surface area contributed by atoms with E-state index in [1.165, 1.54) is 5.56 Å². The van der Waals surface area contributed by atoms with E-state index in [0.29, 0.717) is 12.5 Å². The highest BCUT2D eigenvalue weighted by Crippen LogP contribution is 2.15. The highest BCUT2D eigenvalue weighted by atomic mass is 16.5. The van der Waals surface area contributed by atoms with Gasteiger partial charge in [-0.15, -0.1) is 0 Å². The summed E-state index contributed by atoms with van der Waals surface area (Å²) in [6.45, 7) is 2.58. The molecule has 0 spiro atoms. The van der Waals surface area contributed by atoms with Crippen LogP contribution < -0.4 is 9.47 Å². The molecular formula is C15H17NO2. The number of aryl methyl sites for hydroxylation is 1. The number of hydrogen-bond acceptors (Lipinski definition) is 3. The van der Waals surface area contributed by atoms with Crippen molar-refractivity contribution in [1.29, 1.82) is 0 Å². The summed E-state index contributed by atoms with van der Waals surface area (Å²) in [6, 6.07) is 13.8. The zero-order valence-electron chi connectivity index (χ0n) is 10.7. The Hall–Kier alpha value is -2.03. The molecule has 0 bridgehead atoms. The number of benzene rings is 1. The van der Waals surface area contributed by atoms with Crippen LogP contribution in [0.15, 0.2) is 42.5 Å². The summed E-state index contributed by atoms with van der Waals surface area (Å²) in [6.07, 6.45) is 1.04. The van der Waals surface area contributed by atoms with Crippen molar-refractivity contribution in [3.8, 4) is 11.6 Å². The van der Waals surface area contributed by atoms with Gasteiger partial charge >= 0.3 is 0 Å². The second kappa shape index (κ2) is 6.05. The summed E-state index contributed by atoms with van der Waals surface area (Å²) < 4.78 is 10.7. The first-order valence-electron chi connectivity index (χ1n) is 6.03. The predicted octanol–water partition coefficient (Wildman–Crippen LogP) is 3.23. The minimum Gasteiger partial charge on any atom is -0.487 e. The summed E-state index contributed by atoms with van der Waals surface area (Å²) >= 11 is 0. The van der Waals surface area contributed by atoms with Gasteiger partial charge in [-0.2, -0.15) is 0 Å². The maximum Gasteiger partial charge on any atom is 0.213 e. The lowest BCUT2D eigenvalue weighted by Crippen LogP contribution is -1.99. The van der Waals surface area contributed by atoms with Gasteiger partial charge in [0.25, 0.3) is 0 Å². The summed E-state index contributed by atoms with van der Waals surface area (Å²) in [7, 11) is 1.61. The molecule has 0 unspecified atom stereocenters. The number of ether oxygens (including phenoxy) is 2. The van der Waals surface area contributed by atoms with E-state index >= 15 is 0 Å². The Morgan fingerprint density at radius 1 is 1.06 bits per heavy atom. The number of aromatic nitrogens is 1. The smallest absolute Gasteiger partial charge is 0.213 e. The van der Waals surface area contributed by atoms with Crippen LogP contribution in [0, 0.1) is 0 Å². The Bertz CT molecular complexity index is 494. The Kier molecular flexibility index (Phi) is 4.18. The second-order valence-electron chi connectivity index (χ2n) is 3.96. The quantitative estimate of drug-likeness (QED) is 0.808. The van der Waals surface area contributed by atoms with Crippen molar-refractivity contribution >= 4 is 0 Å². The van der Waals surface area contributed by atoms with Gasteiger partial charge in [0.1, 0.15) is 12.4 Å². The molecule has 2 aromatic rings. The van der Waals surface area contributed by atoms with Crippen molar-refractivity contribution in [2.24, 2.45) is 0 Å². The molecule has 0 N–H and O–H groups in total. The van der Waals surface area contributed by atoms with Crippen molar-refractivity contribution in [1.82, 2.24) is 4.98 Å². The average molecular weight is 243 g/mol. The van der Waals surface area contributed by atoms with E-state index in [9.17, 15) is 0 Å². The molecule has 3 heteroatoms. The lowest BCUT2D eigenvalue weighted by Gasteiger charge is -2.07. The van der Waals surface area contributed by atoms with Crippen LogP contribution in [-0.4, -0.2) is 12.1 Å². The molecule has 0 radical (unpaired) electrons. The molecule has 0 aliphatic heterocycles. The molecule has 1 aromatic carbocycles. The van der Waals surface area contributed by atoms with Gasteiger partial charge in [-0.3, -0.25) is 0 Å². The van der Waals surface area contributed by atoms with Crippen molar-refractivity contribution in [2.45, 2.75) is 20.0 Å². The molecule has 0 amide bonds. The third kappa shape index (κ3) is 3.23. The summed E-state index contributed by atoms with van der Waals surface area (Å²) in [5, 5.41) is 0. The van der Waals surface area contributed by atoms with Gasteiger partial charge in [0.05, 0.1) is 12.8 Å². The van der Waals surface area contributed by atoms with Crippen LogP contribution in [0.5, 0.6) is 11.6 Å². The van der Waals surface area contributed by atoms with Crippen LogP contribution in [0.2, 0.25) is 0 Å². The lowest BCUT2D eigenvalue weighted by atomic mass is 10.2. The molecule has 18 heavy (non-hydrogen) atoms. The minimum atomic E-state index is 0.447. The van der Waals surface area contributed by atoms with Crippen LogP contribution >= 0.6 is 0 Å². The van der Waals surface area contributed by atoms with E-state index in [-0.39, 0.29) is 0 Å². The summed E-state index contributed by atoms with van der Waals surface area (Å²) in [4.78, 5) is 4.29. The standard InChI is InChI=1S/C15H17NO2/c1-3-12-7-9-14(10-8-12)18-11-13-5-4-6-15(16-13)17-2/h4-10H,3,11H2,1-2H3. The topological polar surface area (TPSA) is 31.4 Å². The van der Waals surface area contributed by atoms with Gasteiger partial charge in [-0.05, 0) is 30.2 Å². The molecule has 94 valence electrons. The number of nitrogens with zero attached hydrogens (tertiary/aromatic N) is 1. The van der Waals surface area contributed by atoms with Crippen LogP contribution in [-0.2, 0) is 13.0 Å². The van der Waals surface area contributed by atoms with E-state index in [1.54, 1.807) is 7.11 Å². The van der Waals surface area contributed by atoms with Crippen LogP contribution in [0.25, 0.3) is 0 Å². The third-order valence-electron chi connectivity index (χ3n) is 2.71. The Morgan fingerprint density at radius 2 is 1.83 bits per heavy atom. The lowest BCUT2D eigenvalue weighted by molar-refractivity contribution is 0.298. The van der Waals surface area contributed by atoms with Crippen molar-refractivity contribution in [3.63, 3.8) is 0 Å². The Morgan fingerprint density at radius 3 is 2.50 bits per heavy atom. The van der Waals surface area contributed by atoms with Crippen LogP contribution in [0.3, 0.4) is 0 Å². The fourth-order valence-corrected chi connectivity index (χ4v) is 1.63. The molecule has 0 aliphatic rings. The van der Waals surface area contributed by atoms with E-state index in [4.69, 9.17) is 9.47 Å². The highest BCUT2D eigenvalue weighted by Gasteiger charge is 1.99. The van der Waals surface area contributed by atoms with Gasteiger partial charge in [0, 0.05) is 6.07 Å². The summed E-state index contributed by atoms with van der Waals surface area (Å²) in [5.74, 6) is 1.47. The molecule has 3 nitrogen and oxygen atoms in total. The SMILES string of the molecule is CCc1ccc(OCc2cccc(OC)n2)cc1. The number of methoxy groups -OCH3 is 1. The van der Waals surface area contributed by atoms with E-state index < -0.39 is 0 Å². The number of pyridine rings is 1. The number of hydrogen-bond donors (Lipinski definition) is 0. The fourth-order valence-electron chi connectivity index (χ4n) is 1.63. The minimum absolute atomic E-state index is 0.447. The molecule has 1 aromatic heterocycles. The van der Waals surface area contributed by atoms with E-state index in [2.05, 4.69) is 24.0 Å². The molecule has 1 heterocycles. The zero-order valence-corrected chi connectivity index (χ0v) is 10.7. The molecule has 2 rings (SSSR count). The Labute approximate surface area is 107 Å². The maximum absolute atomic E-state index is 5.67. The molecular weight excluding hydrogens is 226 g/mol. The van der Waals surface area contributed by atoms with Crippen LogP contribution in [0.4, 0.5) is 0 Å². The average Bonchev–Trinajstić information content (AvgIpc) is 2.46. The highest BCUT2D eigenvalue weighted by molar-refractivity contribution is 5.27. The van der Waals surface area contributed by atoms with Crippen molar-refractivity contribution in [2.75, 3.05) is 7.11 Å². The first kappa shape index (κ1) is 12.4. The third-order valence-corrected chi connectivity index (χ3v) is 2.71. The van der Waals surface area contributed by atoms with Crippen molar-refractivity contribution in [3.05, 3.63) is 53.7 Å². The monoisotopic (exact) mass is 243 g/mol. The van der Waals surface area contributed by atoms with Gasteiger partial charge in [-0.25, -0.2) is 4.98 Å². The first-order chi connectivity index (χ1) is 8.81. The van der Waals surface area contributed by atoms with Gasteiger partial charge in [0.2, 0.25) is 5.88 Å². The second-order valence-corrected chi connectivity index (χ2v) is 3.96. The van der Waals surface area contributed by atoms with Crippen molar-refractivity contribution < 1.29 is 9.47 Å². The molecule has 0 aliphatic carbocycles. The number of rotatable bonds is 5. The Balaban J connectivity index is 1.97.